The van der Waals surface area contributed by atoms with Crippen LogP contribution in [0.15, 0.2) is 24.3 Å². The summed E-state index contributed by atoms with van der Waals surface area (Å²) in [6.07, 6.45) is 3.72. The van der Waals surface area contributed by atoms with Crippen LogP contribution < -0.4 is 5.32 Å². The molecule has 3 unspecified atom stereocenters. The Morgan fingerprint density at radius 1 is 1.18 bits per heavy atom. The molecule has 0 aromatic heterocycles. The molecule has 0 spiro atoms. The van der Waals surface area contributed by atoms with Crippen molar-refractivity contribution in [2.45, 2.75) is 50.8 Å². The highest BCUT2D eigenvalue weighted by molar-refractivity contribution is 7.85. The standard InChI is InChI=1S/C17H23NO3S/c1-3-22(21)16-6-4-5-15(11-16)18-17(20)14-9-7-13(8-10-14)12(2)19/h7-10,15-16H,3-6,11H2,1-2H3,(H,18,20). The summed E-state index contributed by atoms with van der Waals surface area (Å²) < 4.78 is 11.9. The molecule has 1 saturated carbocycles. The second kappa shape index (κ2) is 7.68. The number of Topliss-reactive ketones (excluding diaryl/α,β-unsaturated/α-hetero) is 1. The Morgan fingerprint density at radius 3 is 2.41 bits per heavy atom. The molecule has 1 aliphatic rings. The molecule has 1 aromatic rings. The molecule has 1 aromatic carbocycles. The highest BCUT2D eigenvalue weighted by atomic mass is 32.2. The van der Waals surface area contributed by atoms with Crippen molar-refractivity contribution in [3.8, 4) is 0 Å². The van der Waals surface area contributed by atoms with E-state index in [2.05, 4.69) is 5.32 Å². The van der Waals surface area contributed by atoms with Gasteiger partial charge >= 0.3 is 0 Å². The molecule has 0 heterocycles. The second-order valence-electron chi connectivity index (χ2n) is 5.76. The number of amides is 1. The highest BCUT2D eigenvalue weighted by Gasteiger charge is 2.26. The topological polar surface area (TPSA) is 63.2 Å². The molecule has 1 aliphatic carbocycles. The van der Waals surface area contributed by atoms with Crippen LogP contribution in [0.2, 0.25) is 0 Å². The zero-order chi connectivity index (χ0) is 16.1. The lowest BCUT2D eigenvalue weighted by Crippen LogP contribution is -2.41. The summed E-state index contributed by atoms with van der Waals surface area (Å²) >= 11 is 0. The van der Waals surface area contributed by atoms with E-state index < -0.39 is 10.8 Å². The lowest BCUT2D eigenvalue weighted by molar-refractivity contribution is 0.0926. The van der Waals surface area contributed by atoms with E-state index in [0.717, 1.165) is 25.7 Å². The third-order valence-electron chi connectivity index (χ3n) is 4.17. The van der Waals surface area contributed by atoms with Crippen LogP contribution in [0.25, 0.3) is 0 Å². The predicted molar refractivity (Wildman–Crippen MR) is 88.6 cm³/mol. The smallest absolute Gasteiger partial charge is 0.251 e. The first-order valence-electron chi connectivity index (χ1n) is 7.80. The lowest BCUT2D eigenvalue weighted by atomic mass is 9.94. The van der Waals surface area contributed by atoms with Crippen molar-refractivity contribution < 1.29 is 13.8 Å². The van der Waals surface area contributed by atoms with Crippen molar-refractivity contribution in [1.82, 2.24) is 5.32 Å². The quantitative estimate of drug-likeness (QED) is 0.848. The minimum Gasteiger partial charge on any atom is -0.349 e. The fraction of sp³-hybridized carbons (Fsp3) is 0.529. The van der Waals surface area contributed by atoms with Gasteiger partial charge in [-0.3, -0.25) is 13.8 Å². The first kappa shape index (κ1) is 16.9. The van der Waals surface area contributed by atoms with Crippen LogP contribution in [0.4, 0.5) is 0 Å². The van der Waals surface area contributed by atoms with Gasteiger partial charge in [-0.05, 0) is 38.3 Å². The van der Waals surface area contributed by atoms with Crippen LogP contribution in [0.3, 0.4) is 0 Å². The number of hydrogen-bond donors (Lipinski definition) is 1. The minimum atomic E-state index is -0.791. The van der Waals surface area contributed by atoms with Crippen molar-refractivity contribution in [2.75, 3.05) is 5.75 Å². The molecule has 4 nitrogen and oxygen atoms in total. The maximum Gasteiger partial charge on any atom is 0.251 e. The summed E-state index contributed by atoms with van der Waals surface area (Å²) in [5.41, 5.74) is 1.16. The largest absolute Gasteiger partial charge is 0.349 e. The van der Waals surface area contributed by atoms with Crippen molar-refractivity contribution in [1.29, 1.82) is 0 Å². The molecular weight excluding hydrogens is 298 g/mol. The molecule has 0 radical (unpaired) electrons. The second-order valence-corrected chi connectivity index (χ2v) is 7.77. The maximum atomic E-state index is 12.3. The monoisotopic (exact) mass is 321 g/mol. The van der Waals surface area contributed by atoms with Crippen LogP contribution >= 0.6 is 0 Å². The predicted octanol–water partition coefficient (Wildman–Crippen LogP) is 2.70. The zero-order valence-electron chi connectivity index (χ0n) is 13.1. The van der Waals surface area contributed by atoms with Crippen molar-refractivity contribution in [2.24, 2.45) is 0 Å². The van der Waals surface area contributed by atoms with E-state index in [0.29, 0.717) is 16.9 Å². The molecular formula is C17H23NO3S. The summed E-state index contributed by atoms with van der Waals surface area (Å²) in [5.74, 6) is 0.546. The highest BCUT2D eigenvalue weighted by Crippen LogP contribution is 2.23. The number of carbonyl (C=O) groups is 2. The fourth-order valence-corrected chi connectivity index (χ4v) is 4.22. The lowest BCUT2D eigenvalue weighted by Gasteiger charge is -2.29. The SMILES string of the molecule is CCS(=O)C1CCCC(NC(=O)c2ccc(C(C)=O)cc2)C1. The Hall–Kier alpha value is -1.49. The first-order valence-corrected chi connectivity index (χ1v) is 9.18. The number of nitrogens with one attached hydrogen (secondary N) is 1. The molecule has 1 amide bonds. The first-order chi connectivity index (χ1) is 10.5. The maximum absolute atomic E-state index is 12.3. The van der Waals surface area contributed by atoms with E-state index in [-0.39, 0.29) is 23.0 Å². The molecule has 5 heteroatoms. The van der Waals surface area contributed by atoms with E-state index in [4.69, 9.17) is 0 Å². The number of carbonyl (C=O) groups excluding carboxylic acids is 2. The van der Waals surface area contributed by atoms with Crippen LogP contribution in [0.1, 0.15) is 60.2 Å². The van der Waals surface area contributed by atoms with Gasteiger partial charge in [-0.2, -0.15) is 0 Å². The molecule has 120 valence electrons. The Bertz CT molecular complexity index is 568. The van der Waals surface area contributed by atoms with Gasteiger partial charge in [0.05, 0.1) is 0 Å². The third kappa shape index (κ3) is 4.26. The van der Waals surface area contributed by atoms with Crippen LogP contribution in [-0.2, 0) is 10.8 Å². The molecule has 1 N–H and O–H groups in total. The Morgan fingerprint density at radius 2 is 1.82 bits per heavy atom. The van der Waals surface area contributed by atoms with Gasteiger partial charge in [0.15, 0.2) is 5.78 Å². The van der Waals surface area contributed by atoms with Crippen molar-refractivity contribution >= 4 is 22.5 Å². The van der Waals surface area contributed by atoms with Gasteiger partial charge in [0, 0.05) is 39.0 Å². The van der Waals surface area contributed by atoms with Gasteiger partial charge in [0.25, 0.3) is 5.91 Å². The molecule has 0 saturated heterocycles. The van der Waals surface area contributed by atoms with Gasteiger partial charge in [0.1, 0.15) is 0 Å². The summed E-state index contributed by atoms with van der Waals surface area (Å²) in [6, 6.07) is 6.79. The Kier molecular flexibility index (Phi) is 5.89. The average molecular weight is 321 g/mol. The van der Waals surface area contributed by atoms with Crippen molar-refractivity contribution in [3.63, 3.8) is 0 Å². The molecule has 3 atom stereocenters. The molecule has 0 aliphatic heterocycles. The van der Waals surface area contributed by atoms with Gasteiger partial charge < -0.3 is 5.32 Å². The molecule has 22 heavy (non-hydrogen) atoms. The summed E-state index contributed by atoms with van der Waals surface area (Å²) in [6.45, 7) is 3.44. The molecule has 2 rings (SSSR count). The summed E-state index contributed by atoms with van der Waals surface area (Å²) in [4.78, 5) is 23.5. The van der Waals surface area contributed by atoms with Gasteiger partial charge in [-0.25, -0.2) is 0 Å². The van der Waals surface area contributed by atoms with Gasteiger partial charge in [-0.1, -0.05) is 25.5 Å². The van der Waals surface area contributed by atoms with E-state index in [9.17, 15) is 13.8 Å². The summed E-state index contributed by atoms with van der Waals surface area (Å²) in [7, 11) is -0.791. The van der Waals surface area contributed by atoms with Crippen LogP contribution in [0, 0.1) is 0 Å². The van der Waals surface area contributed by atoms with E-state index in [1.165, 1.54) is 6.92 Å². The van der Waals surface area contributed by atoms with Gasteiger partial charge in [0.2, 0.25) is 0 Å². The van der Waals surface area contributed by atoms with Crippen LogP contribution in [0.5, 0.6) is 0 Å². The number of ketones is 1. The Labute approximate surface area is 134 Å². The number of hydrogen-bond acceptors (Lipinski definition) is 3. The molecule has 1 fully saturated rings. The normalized spacial score (nSPS) is 22.8. The van der Waals surface area contributed by atoms with Crippen LogP contribution in [-0.4, -0.2) is 32.9 Å². The number of rotatable bonds is 5. The van der Waals surface area contributed by atoms with E-state index in [1.54, 1.807) is 24.3 Å². The van der Waals surface area contributed by atoms with E-state index >= 15 is 0 Å². The van der Waals surface area contributed by atoms with Crippen molar-refractivity contribution in [3.05, 3.63) is 35.4 Å². The number of benzene rings is 1. The Balaban J connectivity index is 1.96. The fourth-order valence-electron chi connectivity index (χ4n) is 2.88. The summed E-state index contributed by atoms with van der Waals surface area (Å²) in [5, 5.41) is 3.23. The minimum absolute atomic E-state index is 0.0101. The zero-order valence-corrected chi connectivity index (χ0v) is 13.9. The molecule has 0 bridgehead atoms. The van der Waals surface area contributed by atoms with E-state index in [1.807, 2.05) is 6.92 Å². The van der Waals surface area contributed by atoms with Gasteiger partial charge in [-0.15, -0.1) is 0 Å². The average Bonchev–Trinajstić information content (AvgIpc) is 2.54. The third-order valence-corrected chi connectivity index (χ3v) is 5.91.